The van der Waals surface area contributed by atoms with Crippen LogP contribution in [0.25, 0.3) is 0 Å². The van der Waals surface area contributed by atoms with E-state index in [0.29, 0.717) is 12.3 Å². The molecule has 0 saturated heterocycles. The molecule has 1 aliphatic carbocycles. The first-order chi connectivity index (χ1) is 9.05. The topological polar surface area (TPSA) is 26.0 Å². The molecule has 2 rings (SSSR count). The van der Waals surface area contributed by atoms with E-state index in [1.54, 1.807) is 0 Å². The van der Waals surface area contributed by atoms with Gasteiger partial charge in [-0.1, -0.05) is 26.8 Å². The van der Waals surface area contributed by atoms with E-state index >= 15 is 0 Å². The van der Waals surface area contributed by atoms with Gasteiger partial charge in [-0.05, 0) is 53.9 Å². The summed E-state index contributed by atoms with van der Waals surface area (Å²) in [5.74, 6) is 0.432. The normalized spacial score (nSPS) is 23.6. The number of benzene rings is 1. The van der Waals surface area contributed by atoms with Crippen molar-refractivity contribution in [3.8, 4) is 0 Å². The second kappa shape index (κ2) is 5.06. The van der Waals surface area contributed by atoms with Crippen molar-refractivity contribution in [1.29, 1.82) is 0 Å². The molecule has 2 N–H and O–H groups in total. The van der Waals surface area contributed by atoms with Crippen LogP contribution in [-0.4, -0.2) is 6.04 Å². The molecule has 0 atom stereocenters. The highest BCUT2D eigenvalue weighted by atomic mass is 19.4. The summed E-state index contributed by atoms with van der Waals surface area (Å²) in [6.45, 7) is 5.81. The molecule has 0 spiro atoms. The zero-order chi connectivity index (χ0) is 15.1. The highest BCUT2D eigenvalue weighted by Gasteiger charge is 2.33. The summed E-state index contributed by atoms with van der Waals surface area (Å²) in [7, 11) is 0. The molecular formula is C16H22F3N. The highest BCUT2D eigenvalue weighted by Crippen LogP contribution is 2.36. The predicted octanol–water partition coefficient (Wildman–Crippen LogP) is 4.28. The maximum Gasteiger partial charge on any atom is 0.416 e. The lowest BCUT2D eigenvalue weighted by Gasteiger charge is -2.33. The van der Waals surface area contributed by atoms with Crippen LogP contribution in [0.1, 0.15) is 50.3 Å². The van der Waals surface area contributed by atoms with Crippen molar-refractivity contribution in [3.05, 3.63) is 34.9 Å². The van der Waals surface area contributed by atoms with Gasteiger partial charge in [0.15, 0.2) is 0 Å². The van der Waals surface area contributed by atoms with Crippen LogP contribution in [0, 0.1) is 5.92 Å². The van der Waals surface area contributed by atoms with Crippen LogP contribution < -0.4 is 5.73 Å². The van der Waals surface area contributed by atoms with E-state index in [1.165, 1.54) is 12.1 Å². The molecule has 1 aliphatic rings. The minimum Gasteiger partial charge on any atom is -0.328 e. The Morgan fingerprint density at radius 3 is 2.05 bits per heavy atom. The van der Waals surface area contributed by atoms with Gasteiger partial charge in [0.25, 0.3) is 0 Å². The third-order valence-corrected chi connectivity index (χ3v) is 3.98. The third kappa shape index (κ3) is 3.54. The standard InChI is InChI=1S/C16H22F3N/c1-15(2,3)12-5-10(4-11-7-14(20)8-11)6-13(9-12)16(17,18)19/h5-6,9,11,14H,4,7-8,20H2,1-3H3. The first kappa shape index (κ1) is 15.4. The number of alkyl halides is 3. The Hall–Kier alpha value is -1.03. The van der Waals surface area contributed by atoms with Crippen molar-refractivity contribution in [3.63, 3.8) is 0 Å². The van der Waals surface area contributed by atoms with Crippen LogP contribution in [0.5, 0.6) is 0 Å². The molecule has 0 unspecified atom stereocenters. The Morgan fingerprint density at radius 2 is 1.60 bits per heavy atom. The summed E-state index contributed by atoms with van der Waals surface area (Å²) in [6, 6.07) is 4.71. The van der Waals surface area contributed by atoms with Gasteiger partial charge in [-0.3, -0.25) is 0 Å². The molecule has 20 heavy (non-hydrogen) atoms. The second-order valence-corrected chi connectivity index (χ2v) is 6.97. The Bertz CT molecular complexity index is 447. The Labute approximate surface area is 118 Å². The van der Waals surface area contributed by atoms with Gasteiger partial charge in [0.2, 0.25) is 0 Å². The molecule has 0 heterocycles. The number of nitrogens with two attached hydrogens (primary N) is 1. The minimum atomic E-state index is -4.29. The molecule has 1 aromatic carbocycles. The van der Waals surface area contributed by atoms with E-state index in [4.69, 9.17) is 5.73 Å². The van der Waals surface area contributed by atoms with Crippen molar-refractivity contribution >= 4 is 0 Å². The van der Waals surface area contributed by atoms with Crippen molar-refractivity contribution < 1.29 is 13.2 Å². The second-order valence-electron chi connectivity index (χ2n) is 6.97. The van der Waals surface area contributed by atoms with Gasteiger partial charge in [-0.15, -0.1) is 0 Å². The molecular weight excluding hydrogens is 263 g/mol. The Balaban J connectivity index is 2.31. The van der Waals surface area contributed by atoms with Gasteiger partial charge in [-0.2, -0.15) is 13.2 Å². The number of halogens is 3. The quantitative estimate of drug-likeness (QED) is 0.862. The van der Waals surface area contributed by atoms with E-state index in [2.05, 4.69) is 0 Å². The van der Waals surface area contributed by atoms with Crippen LogP contribution in [0.4, 0.5) is 13.2 Å². The van der Waals surface area contributed by atoms with Gasteiger partial charge in [0, 0.05) is 6.04 Å². The van der Waals surface area contributed by atoms with E-state index in [9.17, 15) is 13.2 Å². The lowest BCUT2D eigenvalue weighted by atomic mass is 9.76. The van der Waals surface area contributed by atoms with Gasteiger partial charge in [0.1, 0.15) is 0 Å². The molecule has 112 valence electrons. The van der Waals surface area contributed by atoms with Crippen molar-refractivity contribution in [2.24, 2.45) is 11.7 Å². The van der Waals surface area contributed by atoms with E-state index < -0.39 is 11.7 Å². The molecule has 0 amide bonds. The molecule has 1 nitrogen and oxygen atoms in total. The number of hydrogen-bond donors (Lipinski definition) is 1. The van der Waals surface area contributed by atoms with Crippen molar-refractivity contribution in [2.75, 3.05) is 0 Å². The summed E-state index contributed by atoms with van der Waals surface area (Å²) in [5.41, 5.74) is 6.44. The predicted molar refractivity (Wildman–Crippen MR) is 74.5 cm³/mol. The summed E-state index contributed by atoms with van der Waals surface area (Å²) in [4.78, 5) is 0. The maximum absolute atomic E-state index is 13.0. The van der Waals surface area contributed by atoms with Gasteiger partial charge in [0.05, 0.1) is 5.56 Å². The van der Waals surface area contributed by atoms with E-state index in [0.717, 1.165) is 24.0 Å². The monoisotopic (exact) mass is 285 g/mol. The molecule has 0 bridgehead atoms. The van der Waals surface area contributed by atoms with Crippen molar-refractivity contribution in [2.45, 2.75) is 57.7 Å². The third-order valence-electron chi connectivity index (χ3n) is 3.98. The largest absolute Gasteiger partial charge is 0.416 e. The minimum absolute atomic E-state index is 0.230. The van der Waals surface area contributed by atoms with Gasteiger partial charge < -0.3 is 5.73 Å². The fourth-order valence-electron chi connectivity index (χ4n) is 2.69. The molecule has 1 aromatic rings. The average molecular weight is 285 g/mol. The summed E-state index contributed by atoms with van der Waals surface area (Å²) >= 11 is 0. The van der Waals surface area contributed by atoms with Crippen LogP contribution in [-0.2, 0) is 18.0 Å². The molecule has 4 heteroatoms. The van der Waals surface area contributed by atoms with Crippen LogP contribution in [0.2, 0.25) is 0 Å². The van der Waals surface area contributed by atoms with E-state index in [1.807, 2.05) is 26.8 Å². The average Bonchev–Trinajstić information content (AvgIpc) is 2.24. The van der Waals surface area contributed by atoms with Crippen LogP contribution in [0.15, 0.2) is 18.2 Å². The highest BCUT2D eigenvalue weighted by molar-refractivity contribution is 5.36. The summed E-state index contributed by atoms with van der Waals surface area (Å²) < 4.78 is 39.0. The molecule has 0 radical (unpaired) electrons. The zero-order valence-electron chi connectivity index (χ0n) is 12.2. The SMILES string of the molecule is CC(C)(C)c1cc(CC2CC(N)C2)cc(C(F)(F)F)c1. The molecule has 1 fully saturated rings. The van der Waals surface area contributed by atoms with Crippen molar-refractivity contribution in [1.82, 2.24) is 0 Å². The number of hydrogen-bond acceptors (Lipinski definition) is 1. The Morgan fingerprint density at radius 1 is 1.05 bits per heavy atom. The van der Waals surface area contributed by atoms with Gasteiger partial charge in [-0.25, -0.2) is 0 Å². The fourth-order valence-corrected chi connectivity index (χ4v) is 2.69. The summed E-state index contributed by atoms with van der Waals surface area (Å²) in [6.07, 6.45) is -1.76. The molecule has 0 aliphatic heterocycles. The smallest absolute Gasteiger partial charge is 0.328 e. The Kier molecular flexibility index (Phi) is 3.89. The fraction of sp³-hybridized carbons (Fsp3) is 0.625. The van der Waals surface area contributed by atoms with Crippen LogP contribution >= 0.6 is 0 Å². The number of rotatable bonds is 2. The maximum atomic E-state index is 13.0. The van der Waals surface area contributed by atoms with E-state index in [-0.39, 0.29) is 11.5 Å². The lowest BCUT2D eigenvalue weighted by Crippen LogP contribution is -2.37. The first-order valence-corrected chi connectivity index (χ1v) is 7.03. The molecule has 0 aromatic heterocycles. The molecule has 1 saturated carbocycles. The lowest BCUT2D eigenvalue weighted by molar-refractivity contribution is -0.137. The van der Waals surface area contributed by atoms with Crippen LogP contribution in [0.3, 0.4) is 0 Å². The summed E-state index contributed by atoms with van der Waals surface area (Å²) in [5, 5.41) is 0. The zero-order valence-corrected chi connectivity index (χ0v) is 12.2. The van der Waals surface area contributed by atoms with Gasteiger partial charge >= 0.3 is 6.18 Å². The first-order valence-electron chi connectivity index (χ1n) is 7.03.